The predicted octanol–water partition coefficient (Wildman–Crippen LogP) is 3.23. The number of rotatable bonds is 8. The van der Waals surface area contributed by atoms with Crippen LogP contribution < -0.4 is 14.9 Å². The number of amides is 1. The van der Waals surface area contributed by atoms with Crippen LogP contribution in [0.25, 0.3) is 0 Å². The van der Waals surface area contributed by atoms with Crippen molar-refractivity contribution in [1.82, 2.24) is 5.43 Å². The quantitative estimate of drug-likeness (QED) is 0.477. The van der Waals surface area contributed by atoms with Gasteiger partial charge in [-0.2, -0.15) is 5.10 Å². The topological polar surface area (TPSA) is 97.2 Å². The number of methoxy groups -OCH3 is 1. The summed E-state index contributed by atoms with van der Waals surface area (Å²) in [7, 11) is 1.45. The number of carbonyl (C=O) groups excluding carboxylic acids is 1. The number of nitrogens with zero attached hydrogens (tertiary/aromatic N) is 1. The lowest BCUT2D eigenvalue weighted by molar-refractivity contribution is -0.139. The molecule has 1 amide bonds. The summed E-state index contributed by atoms with van der Waals surface area (Å²) in [5.74, 6) is -0.693. The highest BCUT2D eigenvalue weighted by atomic mass is 79.9. The van der Waals surface area contributed by atoms with Crippen molar-refractivity contribution < 1.29 is 24.2 Å². The summed E-state index contributed by atoms with van der Waals surface area (Å²) in [6.45, 7) is 3.49. The fraction of sp³-hybridized carbons (Fsp3) is 0.250. The number of carboxylic acid groups (broad SMARTS) is 1. The molecular formula is C20H21BrN2O5. The average molecular weight is 449 g/mol. The molecule has 0 aliphatic heterocycles. The van der Waals surface area contributed by atoms with Gasteiger partial charge in [-0.25, -0.2) is 10.2 Å². The number of hydrogen-bond donors (Lipinski definition) is 2. The molecule has 0 aliphatic carbocycles. The highest BCUT2D eigenvalue weighted by Gasteiger charge is 2.13. The van der Waals surface area contributed by atoms with Gasteiger partial charge in [0.25, 0.3) is 0 Å². The molecule has 148 valence electrons. The second-order valence-corrected chi connectivity index (χ2v) is 6.97. The number of nitrogens with one attached hydrogen (secondary N) is 1. The SMILES string of the molecule is COc1cc(/C=N\NC(=O)Cc2ccc(C)cc2C)cc(Br)c1OCC(=O)O. The molecule has 0 spiro atoms. The number of benzene rings is 2. The number of halogens is 1. The van der Waals surface area contributed by atoms with Gasteiger partial charge in [0.05, 0.1) is 24.2 Å². The molecule has 0 radical (unpaired) electrons. The molecule has 0 aromatic heterocycles. The van der Waals surface area contributed by atoms with E-state index in [0.29, 0.717) is 15.8 Å². The van der Waals surface area contributed by atoms with Crippen LogP contribution in [-0.2, 0) is 16.0 Å². The van der Waals surface area contributed by atoms with Crippen LogP contribution in [0.1, 0.15) is 22.3 Å². The van der Waals surface area contributed by atoms with Crippen molar-refractivity contribution in [1.29, 1.82) is 0 Å². The summed E-state index contributed by atoms with van der Waals surface area (Å²) < 4.78 is 11.0. The van der Waals surface area contributed by atoms with Crippen LogP contribution in [0.5, 0.6) is 11.5 Å². The molecule has 2 rings (SSSR count). The number of ether oxygens (including phenoxy) is 2. The van der Waals surface area contributed by atoms with E-state index in [-0.39, 0.29) is 18.1 Å². The lowest BCUT2D eigenvalue weighted by Crippen LogP contribution is -2.20. The van der Waals surface area contributed by atoms with Crippen LogP contribution in [0, 0.1) is 13.8 Å². The van der Waals surface area contributed by atoms with Crippen molar-refractivity contribution in [3.8, 4) is 11.5 Å². The first-order valence-electron chi connectivity index (χ1n) is 8.40. The van der Waals surface area contributed by atoms with Crippen molar-refractivity contribution in [2.45, 2.75) is 20.3 Å². The van der Waals surface area contributed by atoms with Crippen LogP contribution in [-0.4, -0.2) is 36.9 Å². The van der Waals surface area contributed by atoms with E-state index in [4.69, 9.17) is 14.6 Å². The maximum atomic E-state index is 12.1. The highest BCUT2D eigenvalue weighted by Crippen LogP contribution is 2.36. The first kappa shape index (κ1) is 21.4. The Balaban J connectivity index is 2.04. The Bertz CT molecular complexity index is 912. The number of aliphatic carboxylic acids is 1. The Morgan fingerprint density at radius 1 is 1.25 bits per heavy atom. The van der Waals surface area contributed by atoms with E-state index in [9.17, 15) is 9.59 Å². The molecule has 0 bridgehead atoms. The van der Waals surface area contributed by atoms with Crippen molar-refractivity contribution in [3.63, 3.8) is 0 Å². The van der Waals surface area contributed by atoms with Crippen LogP contribution in [0.4, 0.5) is 0 Å². The fourth-order valence-electron chi connectivity index (χ4n) is 2.52. The maximum Gasteiger partial charge on any atom is 0.341 e. The third kappa shape index (κ3) is 6.09. The average Bonchev–Trinajstić information content (AvgIpc) is 2.62. The highest BCUT2D eigenvalue weighted by molar-refractivity contribution is 9.10. The van der Waals surface area contributed by atoms with Crippen LogP contribution in [0.15, 0.2) is 39.9 Å². The van der Waals surface area contributed by atoms with E-state index in [0.717, 1.165) is 16.7 Å². The molecule has 2 aromatic carbocycles. The van der Waals surface area contributed by atoms with Gasteiger partial charge in [-0.3, -0.25) is 4.79 Å². The number of aryl methyl sites for hydroxylation is 2. The molecule has 0 saturated carbocycles. The van der Waals surface area contributed by atoms with E-state index in [1.165, 1.54) is 13.3 Å². The molecule has 0 fully saturated rings. The van der Waals surface area contributed by atoms with Gasteiger partial charge >= 0.3 is 5.97 Å². The van der Waals surface area contributed by atoms with Crippen LogP contribution >= 0.6 is 15.9 Å². The van der Waals surface area contributed by atoms with Gasteiger partial charge in [-0.05, 0) is 58.6 Å². The van der Waals surface area contributed by atoms with E-state index >= 15 is 0 Å². The number of hydrogen-bond acceptors (Lipinski definition) is 5. The second-order valence-electron chi connectivity index (χ2n) is 6.12. The smallest absolute Gasteiger partial charge is 0.341 e. The van der Waals surface area contributed by atoms with E-state index in [2.05, 4.69) is 26.5 Å². The van der Waals surface area contributed by atoms with Gasteiger partial charge in [-0.1, -0.05) is 23.8 Å². The zero-order chi connectivity index (χ0) is 20.7. The van der Waals surface area contributed by atoms with E-state index in [1.54, 1.807) is 12.1 Å². The Labute approximate surface area is 171 Å². The minimum atomic E-state index is -1.09. The molecule has 2 aromatic rings. The Morgan fingerprint density at radius 3 is 2.64 bits per heavy atom. The predicted molar refractivity (Wildman–Crippen MR) is 109 cm³/mol. The normalized spacial score (nSPS) is 10.7. The van der Waals surface area contributed by atoms with Gasteiger partial charge in [0.2, 0.25) is 5.91 Å². The summed E-state index contributed by atoms with van der Waals surface area (Å²) in [5, 5.41) is 12.7. The zero-order valence-corrected chi connectivity index (χ0v) is 17.4. The summed E-state index contributed by atoms with van der Waals surface area (Å²) in [4.78, 5) is 22.8. The largest absolute Gasteiger partial charge is 0.493 e. The minimum Gasteiger partial charge on any atom is -0.493 e. The third-order valence-electron chi connectivity index (χ3n) is 3.84. The molecule has 8 heteroatoms. The molecule has 0 aliphatic rings. The number of carboxylic acids is 1. The lowest BCUT2D eigenvalue weighted by Gasteiger charge is -2.12. The molecular weight excluding hydrogens is 428 g/mol. The number of hydrazone groups is 1. The summed E-state index contributed by atoms with van der Waals surface area (Å²) in [6.07, 6.45) is 1.70. The zero-order valence-electron chi connectivity index (χ0n) is 15.8. The second kappa shape index (κ2) is 9.89. The standard InChI is InChI=1S/C20H21BrN2O5/c1-12-4-5-15(13(2)6-12)9-18(24)23-22-10-14-7-16(21)20(17(8-14)27-3)28-11-19(25)26/h4-8,10H,9,11H2,1-3H3,(H,23,24)(H,25,26)/b22-10-. The van der Waals surface area contributed by atoms with Gasteiger partial charge in [-0.15, -0.1) is 0 Å². The third-order valence-corrected chi connectivity index (χ3v) is 4.43. The van der Waals surface area contributed by atoms with Gasteiger partial charge in [0.1, 0.15) is 0 Å². The first-order valence-corrected chi connectivity index (χ1v) is 9.19. The Kier molecular flexibility index (Phi) is 7.57. The van der Waals surface area contributed by atoms with Crippen molar-refractivity contribution >= 4 is 34.0 Å². The Hall–Kier alpha value is -2.87. The van der Waals surface area contributed by atoms with Crippen molar-refractivity contribution in [2.24, 2.45) is 5.10 Å². The van der Waals surface area contributed by atoms with Crippen LogP contribution in [0.3, 0.4) is 0 Å². The summed E-state index contributed by atoms with van der Waals surface area (Å²) in [6, 6.07) is 9.24. The van der Waals surface area contributed by atoms with Gasteiger partial charge in [0.15, 0.2) is 18.1 Å². The molecule has 0 atom stereocenters. The lowest BCUT2D eigenvalue weighted by atomic mass is 10.0. The van der Waals surface area contributed by atoms with Crippen molar-refractivity contribution in [2.75, 3.05) is 13.7 Å². The van der Waals surface area contributed by atoms with E-state index < -0.39 is 12.6 Å². The maximum absolute atomic E-state index is 12.1. The van der Waals surface area contributed by atoms with Crippen molar-refractivity contribution in [3.05, 3.63) is 57.1 Å². The molecule has 0 unspecified atom stereocenters. The van der Waals surface area contributed by atoms with Gasteiger partial charge < -0.3 is 14.6 Å². The first-order chi connectivity index (χ1) is 13.3. The monoisotopic (exact) mass is 448 g/mol. The minimum absolute atomic E-state index is 0.226. The molecule has 2 N–H and O–H groups in total. The summed E-state index contributed by atoms with van der Waals surface area (Å²) >= 11 is 3.32. The fourth-order valence-corrected chi connectivity index (χ4v) is 3.10. The number of carbonyl (C=O) groups is 2. The van der Waals surface area contributed by atoms with Gasteiger partial charge in [0, 0.05) is 0 Å². The molecule has 0 heterocycles. The Morgan fingerprint density at radius 2 is 2.00 bits per heavy atom. The molecule has 7 nitrogen and oxygen atoms in total. The molecule has 0 saturated heterocycles. The van der Waals surface area contributed by atoms with E-state index in [1.807, 2.05) is 32.0 Å². The molecule has 28 heavy (non-hydrogen) atoms. The summed E-state index contributed by atoms with van der Waals surface area (Å²) in [5.41, 5.74) is 6.29. The van der Waals surface area contributed by atoms with Crippen LogP contribution in [0.2, 0.25) is 0 Å².